The molecule has 0 radical (unpaired) electrons. The number of Topliss-reactive ketones (excluding diaryl/α,β-unsaturated/α-hetero) is 1. The molecule has 9 heteroatoms. The van der Waals surface area contributed by atoms with Crippen molar-refractivity contribution in [1.29, 1.82) is 0 Å². The van der Waals surface area contributed by atoms with E-state index in [9.17, 15) is 24.3 Å². The molecule has 1 atom stereocenters. The van der Waals surface area contributed by atoms with Crippen LogP contribution in [0, 0.1) is 5.92 Å². The summed E-state index contributed by atoms with van der Waals surface area (Å²) in [5, 5.41) is 12.9. The van der Waals surface area contributed by atoms with Crippen molar-refractivity contribution in [2.75, 3.05) is 13.7 Å². The van der Waals surface area contributed by atoms with Gasteiger partial charge in [-0.05, 0) is 44.7 Å². The molecule has 1 aliphatic rings. The minimum absolute atomic E-state index is 0.125. The number of methoxy groups -OCH3 is 1. The summed E-state index contributed by atoms with van der Waals surface area (Å²) in [5.41, 5.74) is 0.733. The Bertz CT molecular complexity index is 1040. The molecule has 3 rings (SSSR count). The van der Waals surface area contributed by atoms with Crippen molar-refractivity contribution in [3.8, 4) is 5.75 Å². The number of benzene rings is 1. The van der Waals surface area contributed by atoms with Gasteiger partial charge in [0.05, 0.1) is 12.7 Å². The van der Waals surface area contributed by atoms with E-state index in [0.29, 0.717) is 29.5 Å². The monoisotopic (exact) mass is 457 g/mol. The van der Waals surface area contributed by atoms with Crippen molar-refractivity contribution in [2.45, 2.75) is 58.0 Å². The maximum Gasteiger partial charge on any atom is 0.323 e. The fourth-order valence-electron chi connectivity index (χ4n) is 4.54. The Hall–Kier alpha value is -3.36. The van der Waals surface area contributed by atoms with E-state index in [0.717, 1.165) is 24.2 Å². The molecule has 1 aromatic heterocycles. The van der Waals surface area contributed by atoms with Gasteiger partial charge in [-0.2, -0.15) is 0 Å². The predicted octanol–water partition coefficient (Wildman–Crippen LogP) is 2.75. The number of ether oxygens (including phenoxy) is 1. The van der Waals surface area contributed by atoms with Crippen LogP contribution in [0.2, 0.25) is 0 Å². The Labute approximate surface area is 192 Å². The van der Waals surface area contributed by atoms with Gasteiger partial charge in [0, 0.05) is 29.2 Å². The standard InChI is InChI=1S/C24H31N3O6/c1-14(2)26-23(31)21(15-7-5-4-6-8-15)27(13-20(28)29)24(32)22(30)18-12-25-19-11-16(33-3)9-10-17(18)19/h9-12,14-15,21,25H,4-8,13H2,1-3H3,(H,26,31)(H,28,29). The number of aromatic nitrogens is 1. The number of aromatic amines is 1. The Kier molecular flexibility index (Phi) is 7.73. The van der Waals surface area contributed by atoms with Crippen LogP contribution in [0.15, 0.2) is 24.4 Å². The summed E-state index contributed by atoms with van der Waals surface area (Å²) >= 11 is 0. The number of hydrogen-bond donors (Lipinski definition) is 3. The fraction of sp³-hybridized carbons (Fsp3) is 0.500. The summed E-state index contributed by atoms with van der Waals surface area (Å²) in [6, 6.07) is 3.83. The Balaban J connectivity index is 1.98. The first kappa shape index (κ1) is 24.3. The van der Waals surface area contributed by atoms with Crippen molar-refractivity contribution >= 4 is 34.5 Å². The lowest BCUT2D eigenvalue weighted by molar-refractivity contribution is -0.148. The van der Waals surface area contributed by atoms with E-state index < -0.39 is 36.2 Å². The highest BCUT2D eigenvalue weighted by atomic mass is 16.5. The highest BCUT2D eigenvalue weighted by Gasteiger charge is 2.40. The number of carbonyl (C=O) groups is 4. The lowest BCUT2D eigenvalue weighted by atomic mass is 9.82. The van der Waals surface area contributed by atoms with Gasteiger partial charge in [-0.15, -0.1) is 0 Å². The molecule has 9 nitrogen and oxygen atoms in total. The molecule has 1 aliphatic carbocycles. The van der Waals surface area contributed by atoms with Crippen LogP contribution in [-0.4, -0.2) is 64.3 Å². The molecular formula is C24H31N3O6. The maximum absolute atomic E-state index is 13.4. The number of hydrogen-bond acceptors (Lipinski definition) is 5. The molecule has 1 saturated carbocycles. The van der Waals surface area contributed by atoms with Crippen LogP contribution in [0.4, 0.5) is 0 Å². The number of H-pyrrole nitrogens is 1. The number of carboxylic acid groups (broad SMARTS) is 1. The van der Waals surface area contributed by atoms with Crippen molar-refractivity contribution < 1.29 is 29.0 Å². The average molecular weight is 458 g/mol. The summed E-state index contributed by atoms with van der Waals surface area (Å²) in [7, 11) is 1.52. The van der Waals surface area contributed by atoms with Crippen molar-refractivity contribution in [3.63, 3.8) is 0 Å². The number of fused-ring (bicyclic) bond motifs is 1. The molecule has 1 aromatic carbocycles. The minimum Gasteiger partial charge on any atom is -0.497 e. The summed E-state index contributed by atoms with van der Waals surface area (Å²) in [6.45, 7) is 2.86. The van der Waals surface area contributed by atoms with Gasteiger partial charge < -0.3 is 25.0 Å². The van der Waals surface area contributed by atoms with Crippen LogP contribution < -0.4 is 10.1 Å². The third kappa shape index (κ3) is 5.53. The zero-order valence-electron chi connectivity index (χ0n) is 19.2. The second-order valence-electron chi connectivity index (χ2n) is 8.78. The van der Waals surface area contributed by atoms with Gasteiger partial charge in [0.1, 0.15) is 18.3 Å². The van der Waals surface area contributed by atoms with Crippen LogP contribution in [-0.2, 0) is 14.4 Å². The largest absolute Gasteiger partial charge is 0.497 e. The van der Waals surface area contributed by atoms with Crippen LogP contribution in [0.3, 0.4) is 0 Å². The molecule has 33 heavy (non-hydrogen) atoms. The Morgan fingerprint density at radius 1 is 1.18 bits per heavy atom. The number of nitrogens with one attached hydrogen (secondary N) is 2. The van der Waals surface area contributed by atoms with E-state index in [4.69, 9.17) is 4.74 Å². The number of carboxylic acids is 1. The molecule has 0 bridgehead atoms. The van der Waals surface area contributed by atoms with Gasteiger partial charge in [0.15, 0.2) is 0 Å². The van der Waals surface area contributed by atoms with Crippen molar-refractivity contribution in [1.82, 2.24) is 15.2 Å². The first-order chi connectivity index (χ1) is 15.7. The Morgan fingerprint density at radius 3 is 2.48 bits per heavy atom. The van der Waals surface area contributed by atoms with E-state index in [1.54, 1.807) is 32.0 Å². The summed E-state index contributed by atoms with van der Waals surface area (Å²) < 4.78 is 5.19. The molecular weight excluding hydrogens is 426 g/mol. The second-order valence-corrected chi connectivity index (χ2v) is 8.78. The maximum atomic E-state index is 13.4. The highest BCUT2D eigenvalue weighted by Crippen LogP contribution is 2.30. The number of rotatable bonds is 9. The van der Waals surface area contributed by atoms with Crippen molar-refractivity contribution in [2.24, 2.45) is 5.92 Å². The number of carbonyl (C=O) groups excluding carboxylic acids is 3. The molecule has 1 heterocycles. The zero-order chi connectivity index (χ0) is 24.1. The van der Waals surface area contributed by atoms with Gasteiger partial charge in [-0.3, -0.25) is 19.2 Å². The quantitative estimate of drug-likeness (QED) is 0.392. The highest BCUT2D eigenvalue weighted by molar-refractivity contribution is 6.45. The van der Waals surface area contributed by atoms with E-state index in [1.807, 2.05) is 0 Å². The molecule has 0 saturated heterocycles. The number of nitrogens with zero attached hydrogens (tertiary/aromatic N) is 1. The molecule has 2 aromatic rings. The van der Waals surface area contributed by atoms with Crippen LogP contribution in [0.5, 0.6) is 5.75 Å². The van der Waals surface area contributed by atoms with E-state index >= 15 is 0 Å². The number of amides is 2. The lowest BCUT2D eigenvalue weighted by Gasteiger charge is -2.37. The summed E-state index contributed by atoms with van der Waals surface area (Å²) in [4.78, 5) is 55.4. The third-order valence-corrected chi connectivity index (χ3v) is 6.03. The van der Waals surface area contributed by atoms with Crippen LogP contribution in [0.25, 0.3) is 10.9 Å². The molecule has 178 valence electrons. The lowest BCUT2D eigenvalue weighted by Crippen LogP contribution is -2.57. The molecule has 3 N–H and O–H groups in total. The predicted molar refractivity (Wildman–Crippen MR) is 122 cm³/mol. The average Bonchev–Trinajstić information content (AvgIpc) is 3.20. The van der Waals surface area contributed by atoms with Gasteiger partial charge in [-0.1, -0.05) is 19.3 Å². The molecule has 0 spiro atoms. The number of aliphatic carboxylic acids is 1. The molecule has 1 unspecified atom stereocenters. The molecule has 2 amide bonds. The summed E-state index contributed by atoms with van der Waals surface area (Å²) in [5.74, 6) is -3.18. The second kappa shape index (κ2) is 10.5. The van der Waals surface area contributed by atoms with E-state index in [1.165, 1.54) is 13.3 Å². The normalized spacial score (nSPS) is 15.3. The topological polar surface area (TPSA) is 129 Å². The van der Waals surface area contributed by atoms with Crippen LogP contribution >= 0.6 is 0 Å². The molecule has 0 aliphatic heterocycles. The zero-order valence-corrected chi connectivity index (χ0v) is 19.2. The van der Waals surface area contributed by atoms with Gasteiger partial charge in [-0.25, -0.2) is 0 Å². The van der Waals surface area contributed by atoms with Gasteiger partial charge >= 0.3 is 5.97 Å². The van der Waals surface area contributed by atoms with Gasteiger partial charge in [0.2, 0.25) is 5.91 Å². The van der Waals surface area contributed by atoms with E-state index in [2.05, 4.69) is 10.3 Å². The minimum atomic E-state index is -1.28. The van der Waals surface area contributed by atoms with Gasteiger partial charge in [0.25, 0.3) is 11.7 Å². The first-order valence-corrected chi connectivity index (χ1v) is 11.3. The SMILES string of the molecule is COc1ccc2c(C(=O)C(=O)N(CC(=O)O)C(C(=O)NC(C)C)C3CCCCC3)c[nH]c2c1. The van der Waals surface area contributed by atoms with Crippen LogP contribution in [0.1, 0.15) is 56.3 Å². The number of ketones is 1. The summed E-state index contributed by atoms with van der Waals surface area (Å²) in [6.07, 6.45) is 5.63. The van der Waals surface area contributed by atoms with Crippen molar-refractivity contribution in [3.05, 3.63) is 30.0 Å². The fourth-order valence-corrected chi connectivity index (χ4v) is 4.54. The third-order valence-electron chi connectivity index (χ3n) is 6.03. The Morgan fingerprint density at radius 2 is 1.88 bits per heavy atom. The molecule has 1 fully saturated rings. The van der Waals surface area contributed by atoms with E-state index in [-0.39, 0.29) is 17.5 Å². The first-order valence-electron chi connectivity index (χ1n) is 11.3. The smallest absolute Gasteiger partial charge is 0.323 e.